The van der Waals surface area contributed by atoms with Gasteiger partial charge in [-0.1, -0.05) is 17.3 Å². The molecule has 24 heavy (non-hydrogen) atoms. The fraction of sp³-hybridized carbons (Fsp3) is 0.125. The first-order valence-electron chi connectivity index (χ1n) is 6.83. The van der Waals surface area contributed by atoms with Gasteiger partial charge < -0.3 is 9.57 Å². The van der Waals surface area contributed by atoms with Gasteiger partial charge in [0, 0.05) is 17.0 Å². The Morgan fingerprint density at radius 3 is 2.46 bits per heavy atom. The summed E-state index contributed by atoms with van der Waals surface area (Å²) in [6.07, 6.45) is 3.41. The number of hydrogen-bond donors (Lipinski definition) is 0. The normalized spacial score (nSPS) is 10.5. The van der Waals surface area contributed by atoms with E-state index in [1.807, 2.05) is 30.5 Å². The summed E-state index contributed by atoms with van der Waals surface area (Å²) in [6, 6.07) is 13.0. The molecule has 7 nitrogen and oxygen atoms in total. The number of ether oxygens (including phenoxy) is 1. The number of nitro benzene ring substituents is 1. The third-order valence-electron chi connectivity index (χ3n) is 2.88. The summed E-state index contributed by atoms with van der Waals surface area (Å²) in [7, 11) is 0. The van der Waals surface area contributed by atoms with Crippen LogP contribution in [0.1, 0.15) is 5.56 Å². The molecule has 0 saturated carbocycles. The number of oxime groups is 1. The van der Waals surface area contributed by atoms with Gasteiger partial charge in [0.05, 0.1) is 11.1 Å². The van der Waals surface area contributed by atoms with Crippen LogP contribution in [0.3, 0.4) is 0 Å². The zero-order valence-electron chi connectivity index (χ0n) is 12.7. The molecule has 0 amide bonds. The van der Waals surface area contributed by atoms with Crippen LogP contribution in [0.25, 0.3) is 0 Å². The molecule has 8 heteroatoms. The largest absolute Gasteiger partial charge is 0.482 e. The van der Waals surface area contributed by atoms with Gasteiger partial charge in [-0.2, -0.15) is 0 Å². The van der Waals surface area contributed by atoms with Crippen LogP contribution >= 0.6 is 11.8 Å². The Bertz CT molecular complexity index is 729. The van der Waals surface area contributed by atoms with Crippen molar-refractivity contribution in [3.8, 4) is 5.75 Å². The van der Waals surface area contributed by atoms with E-state index in [1.54, 1.807) is 11.8 Å². The molecule has 0 atom stereocenters. The van der Waals surface area contributed by atoms with Crippen LogP contribution in [0.5, 0.6) is 5.75 Å². The van der Waals surface area contributed by atoms with Gasteiger partial charge in [0.15, 0.2) is 6.61 Å². The van der Waals surface area contributed by atoms with Crippen LogP contribution in [0.2, 0.25) is 0 Å². The monoisotopic (exact) mass is 346 g/mol. The maximum atomic E-state index is 11.5. The van der Waals surface area contributed by atoms with Crippen molar-refractivity contribution in [3.05, 3.63) is 64.2 Å². The molecule has 0 spiro atoms. The van der Waals surface area contributed by atoms with Gasteiger partial charge in [0.1, 0.15) is 5.75 Å². The molecule has 0 fully saturated rings. The van der Waals surface area contributed by atoms with E-state index in [9.17, 15) is 14.9 Å². The second-order valence-electron chi connectivity index (χ2n) is 4.51. The summed E-state index contributed by atoms with van der Waals surface area (Å²) in [5.74, 6) is -0.348. The smallest absolute Gasteiger partial charge is 0.372 e. The van der Waals surface area contributed by atoms with Crippen molar-refractivity contribution >= 4 is 29.6 Å². The number of benzene rings is 2. The van der Waals surface area contributed by atoms with Crippen LogP contribution < -0.4 is 4.74 Å². The first-order valence-corrected chi connectivity index (χ1v) is 8.05. The highest BCUT2D eigenvalue weighted by Gasteiger charge is 2.07. The molecule has 0 bridgehead atoms. The Labute approximate surface area is 142 Å². The van der Waals surface area contributed by atoms with E-state index in [1.165, 1.54) is 30.5 Å². The highest BCUT2D eigenvalue weighted by atomic mass is 32.2. The van der Waals surface area contributed by atoms with Crippen LogP contribution in [0.15, 0.2) is 58.6 Å². The predicted molar refractivity (Wildman–Crippen MR) is 90.5 cm³/mol. The highest BCUT2D eigenvalue weighted by molar-refractivity contribution is 7.98. The van der Waals surface area contributed by atoms with Gasteiger partial charge in [-0.3, -0.25) is 10.1 Å². The van der Waals surface area contributed by atoms with Crippen molar-refractivity contribution in [1.29, 1.82) is 0 Å². The zero-order valence-corrected chi connectivity index (χ0v) is 13.6. The number of hydrogen-bond acceptors (Lipinski definition) is 7. The Morgan fingerprint density at radius 1 is 1.21 bits per heavy atom. The van der Waals surface area contributed by atoms with Crippen molar-refractivity contribution in [2.24, 2.45) is 5.16 Å². The molecule has 0 heterocycles. The molecule has 0 aliphatic carbocycles. The fourth-order valence-electron chi connectivity index (χ4n) is 1.67. The lowest BCUT2D eigenvalue weighted by Crippen LogP contribution is -2.12. The number of carbonyl (C=O) groups excluding carboxylic acids is 1. The number of thioether (sulfide) groups is 1. The molecular weight excluding hydrogens is 332 g/mol. The van der Waals surface area contributed by atoms with Crippen molar-refractivity contribution in [2.75, 3.05) is 12.9 Å². The SMILES string of the molecule is CSc1ccc(C=NOC(=O)COc2ccc([N+](=O)[O-])cc2)cc1. The molecule has 2 rings (SSSR count). The maximum Gasteiger partial charge on any atom is 0.372 e. The Kier molecular flexibility index (Phi) is 6.32. The van der Waals surface area contributed by atoms with Crippen molar-refractivity contribution in [2.45, 2.75) is 4.90 Å². The van der Waals surface area contributed by atoms with Gasteiger partial charge in [0.25, 0.3) is 5.69 Å². The third kappa shape index (κ3) is 5.40. The molecule has 2 aromatic rings. The van der Waals surface area contributed by atoms with Crippen molar-refractivity contribution in [1.82, 2.24) is 0 Å². The van der Waals surface area contributed by atoms with E-state index in [-0.39, 0.29) is 12.3 Å². The average molecular weight is 346 g/mol. The van der Waals surface area contributed by atoms with E-state index in [0.717, 1.165) is 10.5 Å². The van der Waals surface area contributed by atoms with Crippen LogP contribution in [0, 0.1) is 10.1 Å². The molecule has 0 saturated heterocycles. The van der Waals surface area contributed by atoms with Gasteiger partial charge in [-0.05, 0) is 36.1 Å². The number of non-ortho nitro benzene ring substituents is 1. The minimum Gasteiger partial charge on any atom is -0.482 e. The summed E-state index contributed by atoms with van der Waals surface area (Å²) < 4.78 is 5.16. The summed E-state index contributed by atoms with van der Waals surface area (Å²) in [5.41, 5.74) is 0.749. The van der Waals surface area contributed by atoms with Crippen LogP contribution in [-0.2, 0) is 9.63 Å². The maximum absolute atomic E-state index is 11.5. The topological polar surface area (TPSA) is 91.0 Å². The minimum absolute atomic E-state index is 0.0537. The molecule has 0 unspecified atom stereocenters. The molecule has 0 radical (unpaired) electrons. The van der Waals surface area contributed by atoms with Gasteiger partial charge in [-0.15, -0.1) is 11.8 Å². The summed E-state index contributed by atoms with van der Waals surface area (Å²) in [6.45, 7) is -0.347. The molecular formula is C16H14N2O5S. The molecule has 0 aliphatic heterocycles. The van der Waals surface area contributed by atoms with E-state index in [0.29, 0.717) is 5.75 Å². The van der Waals surface area contributed by atoms with Crippen molar-refractivity contribution < 1.29 is 19.3 Å². The second-order valence-corrected chi connectivity index (χ2v) is 5.39. The van der Waals surface area contributed by atoms with Gasteiger partial charge in [-0.25, -0.2) is 4.79 Å². The fourth-order valence-corrected chi connectivity index (χ4v) is 2.08. The minimum atomic E-state index is -0.676. The lowest BCUT2D eigenvalue weighted by molar-refractivity contribution is -0.384. The van der Waals surface area contributed by atoms with E-state index < -0.39 is 10.9 Å². The number of nitrogens with zero attached hydrogens (tertiary/aromatic N) is 2. The third-order valence-corrected chi connectivity index (χ3v) is 3.62. The standard InChI is InChI=1S/C16H14N2O5S/c1-24-15-8-2-12(3-9-15)10-17-23-16(19)11-22-14-6-4-13(5-7-14)18(20)21/h2-10H,11H2,1H3. The van der Waals surface area contributed by atoms with Crippen molar-refractivity contribution in [3.63, 3.8) is 0 Å². The zero-order chi connectivity index (χ0) is 17.4. The predicted octanol–water partition coefficient (Wildman–Crippen LogP) is 3.27. The van der Waals surface area contributed by atoms with Crippen LogP contribution in [-0.4, -0.2) is 30.0 Å². The summed E-state index contributed by atoms with van der Waals surface area (Å²) in [4.78, 5) is 27.3. The average Bonchev–Trinajstić information content (AvgIpc) is 2.61. The van der Waals surface area contributed by atoms with E-state index >= 15 is 0 Å². The van der Waals surface area contributed by atoms with E-state index in [4.69, 9.17) is 4.74 Å². The van der Waals surface area contributed by atoms with Gasteiger partial charge in [0.2, 0.25) is 0 Å². The summed E-state index contributed by atoms with van der Waals surface area (Å²) >= 11 is 1.63. The van der Waals surface area contributed by atoms with Crippen LogP contribution in [0.4, 0.5) is 5.69 Å². The molecule has 124 valence electrons. The molecule has 0 aliphatic rings. The Hall–Kier alpha value is -2.87. The molecule has 0 aromatic heterocycles. The molecule has 2 aromatic carbocycles. The lowest BCUT2D eigenvalue weighted by Gasteiger charge is -2.03. The van der Waals surface area contributed by atoms with E-state index in [2.05, 4.69) is 9.99 Å². The number of carbonyl (C=O) groups is 1. The number of nitro groups is 1. The second kappa shape index (κ2) is 8.68. The first kappa shape index (κ1) is 17.5. The summed E-state index contributed by atoms with van der Waals surface area (Å²) in [5, 5.41) is 14.1. The number of rotatable bonds is 7. The first-order chi connectivity index (χ1) is 11.6. The quantitative estimate of drug-likeness (QED) is 0.251. The highest BCUT2D eigenvalue weighted by Crippen LogP contribution is 2.17. The Morgan fingerprint density at radius 2 is 1.88 bits per heavy atom. The lowest BCUT2D eigenvalue weighted by atomic mass is 10.2. The van der Waals surface area contributed by atoms with Gasteiger partial charge >= 0.3 is 5.97 Å². The molecule has 0 N–H and O–H groups in total. The Balaban J connectivity index is 1.78.